The fourth-order valence-electron chi connectivity index (χ4n) is 1.87. The molecule has 0 bridgehead atoms. The maximum Gasteiger partial charge on any atom is 0.253 e. The Hall–Kier alpha value is -2.17. The van der Waals surface area contributed by atoms with Crippen molar-refractivity contribution in [1.29, 1.82) is 0 Å². The van der Waals surface area contributed by atoms with E-state index in [9.17, 15) is 15.0 Å². The molecule has 0 aromatic heterocycles. The van der Waals surface area contributed by atoms with Crippen molar-refractivity contribution in [2.75, 3.05) is 6.54 Å². The van der Waals surface area contributed by atoms with Gasteiger partial charge in [-0.05, 0) is 11.1 Å². The zero-order valence-corrected chi connectivity index (χ0v) is 10.9. The number of benzene rings is 2. The second-order valence-corrected chi connectivity index (χ2v) is 4.48. The zero-order chi connectivity index (χ0) is 14.4. The summed E-state index contributed by atoms with van der Waals surface area (Å²) in [6, 6.07) is 17.7. The van der Waals surface area contributed by atoms with E-state index >= 15 is 0 Å². The maximum atomic E-state index is 11.8. The monoisotopic (exact) mass is 271 g/mol. The van der Waals surface area contributed by atoms with Gasteiger partial charge in [0.15, 0.2) is 6.10 Å². The molecule has 0 saturated carbocycles. The molecule has 0 unspecified atom stereocenters. The van der Waals surface area contributed by atoms with Crippen LogP contribution in [0.25, 0.3) is 0 Å². The van der Waals surface area contributed by atoms with Gasteiger partial charge in [-0.2, -0.15) is 0 Å². The fraction of sp³-hybridized carbons (Fsp3) is 0.188. The maximum absolute atomic E-state index is 11.8. The zero-order valence-electron chi connectivity index (χ0n) is 10.9. The van der Waals surface area contributed by atoms with Crippen molar-refractivity contribution in [3.63, 3.8) is 0 Å². The van der Waals surface area contributed by atoms with Gasteiger partial charge >= 0.3 is 0 Å². The number of hydrogen-bond acceptors (Lipinski definition) is 3. The van der Waals surface area contributed by atoms with Gasteiger partial charge in [-0.1, -0.05) is 60.7 Å². The molecule has 0 saturated heterocycles. The largest absolute Gasteiger partial charge is 0.387 e. The number of aliphatic hydroxyl groups is 2. The van der Waals surface area contributed by atoms with Gasteiger partial charge in [0.25, 0.3) is 5.91 Å². The lowest BCUT2D eigenvalue weighted by Crippen LogP contribution is -2.32. The van der Waals surface area contributed by atoms with E-state index in [4.69, 9.17) is 0 Å². The van der Waals surface area contributed by atoms with E-state index in [1.54, 1.807) is 36.4 Å². The highest BCUT2D eigenvalue weighted by molar-refractivity contribution is 5.81. The van der Waals surface area contributed by atoms with Crippen LogP contribution in [0, 0.1) is 0 Å². The molecule has 2 aromatic carbocycles. The van der Waals surface area contributed by atoms with Crippen LogP contribution in [0.1, 0.15) is 23.3 Å². The van der Waals surface area contributed by atoms with Crippen molar-refractivity contribution in [1.82, 2.24) is 5.32 Å². The number of aliphatic hydroxyl groups excluding tert-OH is 2. The van der Waals surface area contributed by atoms with Gasteiger partial charge in [-0.3, -0.25) is 4.79 Å². The molecule has 2 aromatic rings. The number of amides is 1. The van der Waals surface area contributed by atoms with Crippen LogP contribution in [0.4, 0.5) is 0 Å². The first-order chi connectivity index (χ1) is 9.68. The molecule has 2 atom stereocenters. The Bertz CT molecular complexity index is 542. The van der Waals surface area contributed by atoms with Crippen molar-refractivity contribution in [2.45, 2.75) is 12.2 Å². The van der Waals surface area contributed by atoms with Crippen LogP contribution in [0.3, 0.4) is 0 Å². The molecular formula is C16H17NO3. The smallest absolute Gasteiger partial charge is 0.253 e. The Balaban J connectivity index is 1.89. The molecule has 20 heavy (non-hydrogen) atoms. The summed E-state index contributed by atoms with van der Waals surface area (Å²) >= 11 is 0. The molecule has 0 aliphatic rings. The predicted octanol–water partition coefficient (Wildman–Crippen LogP) is 1.57. The standard InChI is InChI=1S/C16H17NO3/c18-14(12-7-3-1-4-8-12)11-17-16(20)15(19)13-9-5-2-6-10-13/h1-10,14-15,18-19H,11H2,(H,17,20)/t14-,15-/m1/s1. The van der Waals surface area contributed by atoms with Crippen molar-refractivity contribution < 1.29 is 15.0 Å². The van der Waals surface area contributed by atoms with Crippen LogP contribution in [0.2, 0.25) is 0 Å². The van der Waals surface area contributed by atoms with Crippen molar-refractivity contribution in [3.05, 3.63) is 71.8 Å². The first-order valence-corrected chi connectivity index (χ1v) is 6.42. The number of nitrogens with one attached hydrogen (secondary N) is 1. The first kappa shape index (κ1) is 14.2. The topological polar surface area (TPSA) is 69.6 Å². The molecule has 4 nitrogen and oxygen atoms in total. The fourth-order valence-corrected chi connectivity index (χ4v) is 1.87. The minimum absolute atomic E-state index is 0.0622. The van der Waals surface area contributed by atoms with Gasteiger partial charge in [0.1, 0.15) is 0 Å². The molecule has 0 aliphatic carbocycles. The summed E-state index contributed by atoms with van der Waals surface area (Å²) < 4.78 is 0. The lowest BCUT2D eigenvalue weighted by molar-refractivity contribution is -0.130. The first-order valence-electron chi connectivity index (χ1n) is 6.42. The van der Waals surface area contributed by atoms with Crippen molar-refractivity contribution in [3.8, 4) is 0 Å². The van der Waals surface area contributed by atoms with E-state index in [1.807, 2.05) is 24.3 Å². The summed E-state index contributed by atoms with van der Waals surface area (Å²) in [5.74, 6) is -0.522. The Morgan fingerprint density at radius 2 is 1.40 bits per heavy atom. The summed E-state index contributed by atoms with van der Waals surface area (Å²) in [5, 5.41) is 22.3. The molecule has 0 aliphatic heterocycles. The summed E-state index contributed by atoms with van der Waals surface area (Å²) in [7, 11) is 0. The van der Waals surface area contributed by atoms with Crippen LogP contribution in [0.5, 0.6) is 0 Å². The second kappa shape index (κ2) is 6.84. The number of hydrogen-bond donors (Lipinski definition) is 3. The summed E-state index contributed by atoms with van der Waals surface area (Å²) in [6.45, 7) is 0.0622. The lowest BCUT2D eigenvalue weighted by Gasteiger charge is -2.15. The normalized spacial score (nSPS) is 13.5. The van der Waals surface area contributed by atoms with Gasteiger partial charge < -0.3 is 15.5 Å². The van der Waals surface area contributed by atoms with Gasteiger partial charge in [0.2, 0.25) is 0 Å². The van der Waals surface area contributed by atoms with Gasteiger partial charge in [0.05, 0.1) is 6.10 Å². The van der Waals surface area contributed by atoms with E-state index < -0.39 is 18.1 Å². The molecule has 0 radical (unpaired) electrons. The average Bonchev–Trinajstić information content (AvgIpc) is 2.53. The van der Waals surface area contributed by atoms with Gasteiger partial charge in [-0.25, -0.2) is 0 Å². The van der Waals surface area contributed by atoms with E-state index in [-0.39, 0.29) is 6.54 Å². The lowest BCUT2D eigenvalue weighted by atomic mass is 10.1. The third-order valence-corrected chi connectivity index (χ3v) is 3.02. The molecule has 104 valence electrons. The predicted molar refractivity (Wildman–Crippen MR) is 75.8 cm³/mol. The highest BCUT2D eigenvalue weighted by Crippen LogP contribution is 2.14. The quantitative estimate of drug-likeness (QED) is 0.773. The minimum Gasteiger partial charge on any atom is -0.387 e. The Morgan fingerprint density at radius 3 is 1.95 bits per heavy atom. The van der Waals surface area contributed by atoms with E-state index in [2.05, 4.69) is 5.32 Å². The SMILES string of the molecule is O=C(NC[C@@H](O)c1ccccc1)[C@H](O)c1ccccc1. The average molecular weight is 271 g/mol. The molecule has 4 heteroatoms. The van der Waals surface area contributed by atoms with Crippen LogP contribution in [0.15, 0.2) is 60.7 Å². The Morgan fingerprint density at radius 1 is 0.900 bits per heavy atom. The molecule has 1 amide bonds. The highest BCUT2D eigenvalue weighted by atomic mass is 16.3. The van der Waals surface area contributed by atoms with Crippen LogP contribution < -0.4 is 5.32 Å². The third kappa shape index (κ3) is 3.66. The number of rotatable bonds is 5. The molecule has 0 fully saturated rings. The van der Waals surface area contributed by atoms with Gasteiger partial charge in [-0.15, -0.1) is 0 Å². The van der Waals surface area contributed by atoms with Crippen LogP contribution >= 0.6 is 0 Å². The summed E-state index contributed by atoms with van der Waals surface area (Å²) in [5.41, 5.74) is 1.25. The van der Waals surface area contributed by atoms with Crippen molar-refractivity contribution in [2.24, 2.45) is 0 Å². The molecule has 2 rings (SSSR count). The highest BCUT2D eigenvalue weighted by Gasteiger charge is 2.18. The molecular weight excluding hydrogens is 254 g/mol. The molecule has 3 N–H and O–H groups in total. The summed E-state index contributed by atoms with van der Waals surface area (Å²) in [6.07, 6.45) is -2.01. The summed E-state index contributed by atoms with van der Waals surface area (Å²) in [4.78, 5) is 11.8. The van der Waals surface area contributed by atoms with Gasteiger partial charge in [0, 0.05) is 6.54 Å². The molecule has 0 heterocycles. The van der Waals surface area contributed by atoms with Crippen LogP contribution in [-0.2, 0) is 4.79 Å². The van der Waals surface area contributed by atoms with Crippen LogP contribution in [-0.4, -0.2) is 22.7 Å². The Kier molecular flexibility index (Phi) is 4.87. The number of carbonyl (C=O) groups is 1. The van der Waals surface area contributed by atoms with E-state index in [0.29, 0.717) is 5.56 Å². The van der Waals surface area contributed by atoms with E-state index in [1.165, 1.54) is 0 Å². The second-order valence-electron chi connectivity index (χ2n) is 4.48. The van der Waals surface area contributed by atoms with E-state index in [0.717, 1.165) is 5.56 Å². The van der Waals surface area contributed by atoms with Crippen molar-refractivity contribution >= 4 is 5.91 Å². The number of carbonyl (C=O) groups excluding carboxylic acids is 1. The Labute approximate surface area is 117 Å². The minimum atomic E-state index is -1.22. The molecule has 0 spiro atoms. The third-order valence-electron chi connectivity index (χ3n) is 3.02.